The van der Waals surface area contributed by atoms with Gasteiger partial charge in [-0.1, -0.05) is 0 Å². The molecule has 150 valence electrons. The molecule has 1 aromatic carbocycles. The van der Waals surface area contributed by atoms with Crippen LogP contribution in [0.1, 0.15) is 26.7 Å². The van der Waals surface area contributed by atoms with Gasteiger partial charge in [0.25, 0.3) is 0 Å². The Morgan fingerprint density at radius 2 is 1.59 bits per heavy atom. The molecule has 0 atom stereocenters. The number of nitrogens with two attached hydrogens (primary N) is 1. The van der Waals surface area contributed by atoms with Crippen LogP contribution < -0.4 is 20.7 Å². The van der Waals surface area contributed by atoms with Gasteiger partial charge in [-0.25, -0.2) is 4.79 Å². The van der Waals surface area contributed by atoms with E-state index in [2.05, 4.69) is 5.32 Å². The molecule has 0 radical (unpaired) electrons. The summed E-state index contributed by atoms with van der Waals surface area (Å²) in [6, 6.07) is 4.28. The van der Waals surface area contributed by atoms with Crippen molar-refractivity contribution in [1.29, 1.82) is 0 Å². The second kappa shape index (κ2) is 11.6. The zero-order valence-electron chi connectivity index (χ0n) is 15.9. The molecule has 0 bridgehead atoms. The lowest BCUT2D eigenvalue weighted by Gasteiger charge is -2.26. The molecule has 1 aromatic rings. The summed E-state index contributed by atoms with van der Waals surface area (Å²) in [6.45, 7) is 4.66. The molecule has 0 heterocycles. The van der Waals surface area contributed by atoms with Gasteiger partial charge in [-0.15, -0.1) is 0 Å². The summed E-state index contributed by atoms with van der Waals surface area (Å²) >= 11 is 0. The maximum Gasteiger partial charge on any atom is 0.316 e. The summed E-state index contributed by atoms with van der Waals surface area (Å²) in [5.74, 6) is -0.161. The number of benzene rings is 1. The normalized spacial score (nSPS) is 10.0. The van der Waals surface area contributed by atoms with E-state index in [1.807, 2.05) is 0 Å². The summed E-state index contributed by atoms with van der Waals surface area (Å²) in [4.78, 5) is 36.4. The molecule has 2 amide bonds. The molecule has 9 heteroatoms. The highest BCUT2D eigenvalue weighted by atomic mass is 16.5. The lowest BCUT2D eigenvalue weighted by molar-refractivity contribution is -0.143. The third-order valence-electron chi connectivity index (χ3n) is 3.57. The Labute approximate surface area is 158 Å². The molecule has 0 fully saturated rings. The first kappa shape index (κ1) is 22.1. The van der Waals surface area contributed by atoms with Gasteiger partial charge in [-0.2, -0.15) is 0 Å². The molecule has 0 aliphatic heterocycles. The molecule has 27 heavy (non-hydrogen) atoms. The van der Waals surface area contributed by atoms with Crippen molar-refractivity contribution in [2.75, 3.05) is 43.6 Å². The largest absolute Gasteiger partial charge is 0.495 e. The number of esters is 2. The van der Waals surface area contributed by atoms with E-state index in [9.17, 15) is 14.4 Å². The monoisotopic (exact) mass is 381 g/mol. The van der Waals surface area contributed by atoms with E-state index in [1.165, 1.54) is 7.11 Å². The molecule has 0 aliphatic rings. The highest BCUT2D eigenvalue weighted by Gasteiger charge is 2.17. The van der Waals surface area contributed by atoms with Gasteiger partial charge in [0, 0.05) is 18.8 Å². The first-order valence-corrected chi connectivity index (χ1v) is 8.71. The Kier molecular flexibility index (Phi) is 9.49. The van der Waals surface area contributed by atoms with Crippen molar-refractivity contribution in [2.24, 2.45) is 5.73 Å². The Bertz CT molecular complexity index is 628. The maximum atomic E-state index is 11.7. The van der Waals surface area contributed by atoms with Gasteiger partial charge in [0.1, 0.15) is 5.75 Å². The van der Waals surface area contributed by atoms with Crippen molar-refractivity contribution >= 4 is 29.3 Å². The van der Waals surface area contributed by atoms with Gasteiger partial charge in [0.15, 0.2) is 0 Å². The number of nitrogens with zero attached hydrogens (tertiary/aromatic N) is 1. The van der Waals surface area contributed by atoms with Gasteiger partial charge in [-0.05, 0) is 32.0 Å². The van der Waals surface area contributed by atoms with E-state index in [0.29, 0.717) is 43.4 Å². The number of urea groups is 1. The molecule has 1 rings (SSSR count). The Morgan fingerprint density at radius 1 is 1.04 bits per heavy atom. The third kappa shape index (κ3) is 7.85. The van der Waals surface area contributed by atoms with Crippen LogP contribution in [0, 0.1) is 0 Å². The van der Waals surface area contributed by atoms with Crippen molar-refractivity contribution in [1.82, 2.24) is 0 Å². The van der Waals surface area contributed by atoms with Gasteiger partial charge in [-0.3, -0.25) is 9.59 Å². The Hall–Kier alpha value is -2.97. The van der Waals surface area contributed by atoms with Crippen LogP contribution in [0.5, 0.6) is 5.75 Å². The standard InChI is InChI=1S/C18H27N3O6/c1-4-26-16(22)8-10-21(11-9-17(23)27-5-2)14-12-13(20-18(19)24)6-7-15(14)25-3/h6-7,12H,4-5,8-11H2,1-3H3,(H3,19,20,24). The fourth-order valence-corrected chi connectivity index (χ4v) is 2.43. The lowest BCUT2D eigenvalue weighted by Crippen LogP contribution is -2.30. The van der Waals surface area contributed by atoms with Crippen molar-refractivity contribution in [3.63, 3.8) is 0 Å². The highest BCUT2D eigenvalue weighted by Crippen LogP contribution is 2.31. The van der Waals surface area contributed by atoms with E-state index < -0.39 is 6.03 Å². The number of anilines is 2. The smallest absolute Gasteiger partial charge is 0.316 e. The quantitative estimate of drug-likeness (QED) is 0.562. The Balaban J connectivity index is 3.04. The predicted molar refractivity (Wildman–Crippen MR) is 101 cm³/mol. The van der Waals surface area contributed by atoms with E-state index in [0.717, 1.165) is 0 Å². The minimum Gasteiger partial charge on any atom is -0.495 e. The number of nitrogens with one attached hydrogen (secondary N) is 1. The van der Waals surface area contributed by atoms with Crippen LogP contribution in [-0.2, 0) is 19.1 Å². The number of amides is 2. The summed E-state index contributed by atoms with van der Waals surface area (Å²) in [7, 11) is 1.51. The van der Waals surface area contributed by atoms with Gasteiger partial charge >= 0.3 is 18.0 Å². The second-order valence-electron chi connectivity index (χ2n) is 5.47. The number of primary amides is 1. The zero-order chi connectivity index (χ0) is 20.2. The van der Waals surface area contributed by atoms with Gasteiger partial charge < -0.3 is 30.2 Å². The number of ether oxygens (including phenoxy) is 3. The van der Waals surface area contributed by atoms with Crippen molar-refractivity contribution in [3.05, 3.63) is 18.2 Å². The molecule has 0 aromatic heterocycles. The van der Waals surface area contributed by atoms with Gasteiger partial charge in [0.05, 0.1) is 38.9 Å². The van der Waals surface area contributed by atoms with Crippen molar-refractivity contribution in [2.45, 2.75) is 26.7 Å². The molecule has 3 N–H and O–H groups in total. The predicted octanol–water partition coefficient (Wildman–Crippen LogP) is 1.90. The molecule has 0 saturated heterocycles. The molecule has 9 nitrogen and oxygen atoms in total. The van der Waals surface area contributed by atoms with Crippen LogP contribution >= 0.6 is 0 Å². The van der Waals surface area contributed by atoms with Gasteiger partial charge in [0.2, 0.25) is 0 Å². The van der Waals surface area contributed by atoms with E-state index in [-0.39, 0.29) is 24.8 Å². The van der Waals surface area contributed by atoms with Crippen LogP contribution in [0.15, 0.2) is 18.2 Å². The van der Waals surface area contributed by atoms with Crippen molar-refractivity contribution < 1.29 is 28.6 Å². The van der Waals surface area contributed by atoms with E-state index >= 15 is 0 Å². The number of carbonyl (C=O) groups excluding carboxylic acids is 3. The number of hydrogen-bond acceptors (Lipinski definition) is 7. The fourth-order valence-electron chi connectivity index (χ4n) is 2.43. The SMILES string of the molecule is CCOC(=O)CCN(CCC(=O)OCC)c1cc(NC(N)=O)ccc1OC. The third-order valence-corrected chi connectivity index (χ3v) is 3.57. The molecular weight excluding hydrogens is 354 g/mol. The first-order valence-electron chi connectivity index (χ1n) is 8.71. The summed E-state index contributed by atoms with van der Waals surface area (Å²) in [5, 5.41) is 2.50. The minimum atomic E-state index is -0.698. The van der Waals surface area contributed by atoms with Crippen LogP contribution in [-0.4, -0.2) is 51.4 Å². The van der Waals surface area contributed by atoms with Crippen LogP contribution in [0.3, 0.4) is 0 Å². The van der Waals surface area contributed by atoms with Crippen LogP contribution in [0.25, 0.3) is 0 Å². The summed E-state index contributed by atoms with van der Waals surface area (Å²) < 4.78 is 15.3. The average Bonchev–Trinajstić information content (AvgIpc) is 2.61. The first-order chi connectivity index (χ1) is 12.9. The van der Waals surface area contributed by atoms with Crippen LogP contribution in [0.4, 0.5) is 16.2 Å². The lowest BCUT2D eigenvalue weighted by atomic mass is 10.2. The van der Waals surface area contributed by atoms with Crippen LogP contribution in [0.2, 0.25) is 0 Å². The highest BCUT2D eigenvalue weighted by molar-refractivity contribution is 5.89. The number of hydrogen-bond donors (Lipinski definition) is 2. The fraction of sp³-hybridized carbons (Fsp3) is 0.500. The maximum absolute atomic E-state index is 11.7. The average molecular weight is 381 g/mol. The zero-order valence-corrected chi connectivity index (χ0v) is 15.9. The second-order valence-corrected chi connectivity index (χ2v) is 5.47. The number of carbonyl (C=O) groups is 3. The number of rotatable bonds is 11. The van der Waals surface area contributed by atoms with Crippen molar-refractivity contribution in [3.8, 4) is 5.75 Å². The van der Waals surface area contributed by atoms with E-state index in [1.54, 1.807) is 36.9 Å². The molecule has 0 aliphatic carbocycles. The topological polar surface area (TPSA) is 120 Å². The Morgan fingerprint density at radius 3 is 2.04 bits per heavy atom. The van der Waals surface area contributed by atoms with E-state index in [4.69, 9.17) is 19.9 Å². The minimum absolute atomic E-state index is 0.132. The summed E-state index contributed by atoms with van der Waals surface area (Å²) in [6.07, 6.45) is 0.264. The molecule has 0 spiro atoms. The molecular formula is C18H27N3O6. The number of methoxy groups -OCH3 is 1. The summed E-state index contributed by atoms with van der Waals surface area (Å²) in [5.41, 5.74) is 6.24. The molecule has 0 unspecified atom stereocenters. The molecule has 0 saturated carbocycles.